The van der Waals surface area contributed by atoms with Crippen molar-refractivity contribution in [3.8, 4) is 5.75 Å². The lowest BCUT2D eigenvalue weighted by atomic mass is 10.2. The molecular weight excluding hydrogens is 331 g/mol. The van der Waals surface area contributed by atoms with E-state index in [4.69, 9.17) is 32.7 Å². The molecule has 0 radical (unpaired) electrons. The Kier molecular flexibility index (Phi) is 25.7. The normalized spacial score (nSPS) is 8.61. The summed E-state index contributed by atoms with van der Waals surface area (Å²) < 4.78 is 10.5. The Morgan fingerprint density at radius 1 is 0.870 bits per heavy atom. The Balaban J connectivity index is -0.000000496. The van der Waals surface area contributed by atoms with E-state index in [9.17, 15) is 0 Å². The quantitative estimate of drug-likeness (QED) is 0.483. The van der Waals surface area contributed by atoms with Crippen LogP contribution in [0.5, 0.6) is 5.75 Å². The topological polar surface area (TPSA) is 18.5 Å². The van der Waals surface area contributed by atoms with Crippen LogP contribution in [0.2, 0.25) is 10.0 Å². The molecule has 0 aliphatic heterocycles. The van der Waals surface area contributed by atoms with E-state index in [0.29, 0.717) is 22.4 Å². The second-order valence-corrected chi connectivity index (χ2v) is 5.13. The van der Waals surface area contributed by atoms with Crippen LogP contribution in [0.4, 0.5) is 0 Å². The summed E-state index contributed by atoms with van der Waals surface area (Å²) in [4.78, 5) is 0. The van der Waals surface area contributed by atoms with Crippen LogP contribution < -0.4 is 4.74 Å². The molecule has 4 heteroatoms. The van der Waals surface area contributed by atoms with Gasteiger partial charge in [-0.3, -0.25) is 0 Å². The van der Waals surface area contributed by atoms with Crippen LogP contribution in [0.15, 0.2) is 12.1 Å². The largest absolute Gasteiger partial charge is 0.490 e. The summed E-state index contributed by atoms with van der Waals surface area (Å²) in [6.45, 7) is 15.5. The van der Waals surface area contributed by atoms with E-state index in [1.165, 1.54) is 6.42 Å². The summed E-state index contributed by atoms with van der Waals surface area (Å²) in [5, 5.41) is 1.13. The number of rotatable bonds is 6. The van der Waals surface area contributed by atoms with E-state index in [1.54, 1.807) is 7.11 Å². The molecule has 0 fully saturated rings. The molecule has 0 saturated heterocycles. The van der Waals surface area contributed by atoms with Gasteiger partial charge in [-0.2, -0.15) is 0 Å². The number of unbranched alkanes of at least 4 members (excludes halogenated alkanes) is 1. The van der Waals surface area contributed by atoms with Crippen molar-refractivity contribution in [2.45, 2.75) is 67.7 Å². The van der Waals surface area contributed by atoms with Crippen LogP contribution in [0.3, 0.4) is 0 Å². The van der Waals surface area contributed by atoms with Crippen molar-refractivity contribution in [2.75, 3.05) is 20.3 Å². The van der Waals surface area contributed by atoms with Crippen molar-refractivity contribution < 1.29 is 9.47 Å². The molecule has 23 heavy (non-hydrogen) atoms. The smallest absolute Gasteiger partial charge is 0.156 e. The molecule has 0 amide bonds. The average molecular weight is 367 g/mol. The molecule has 0 spiro atoms. The van der Waals surface area contributed by atoms with E-state index in [-0.39, 0.29) is 0 Å². The molecule has 0 aliphatic carbocycles. The zero-order chi connectivity index (χ0) is 18.7. The molecule has 2 nitrogen and oxygen atoms in total. The van der Waals surface area contributed by atoms with Gasteiger partial charge in [-0.25, -0.2) is 0 Å². The van der Waals surface area contributed by atoms with Crippen molar-refractivity contribution in [2.24, 2.45) is 0 Å². The molecule has 1 aromatic carbocycles. The minimum atomic E-state index is 0.566. The molecule has 1 rings (SSSR count). The first kappa shape index (κ1) is 27.4. The lowest BCUT2D eigenvalue weighted by Crippen LogP contribution is -2.00. The van der Waals surface area contributed by atoms with Crippen molar-refractivity contribution in [3.63, 3.8) is 0 Å². The van der Waals surface area contributed by atoms with Crippen molar-refractivity contribution in [1.29, 1.82) is 0 Å². The molecule has 0 unspecified atom stereocenters. The lowest BCUT2D eigenvalue weighted by molar-refractivity contribution is 0.184. The van der Waals surface area contributed by atoms with E-state index in [0.717, 1.165) is 25.0 Å². The van der Waals surface area contributed by atoms with Crippen LogP contribution in [-0.4, -0.2) is 20.3 Å². The number of hydrogen-bond acceptors (Lipinski definition) is 2. The Hall–Kier alpha value is -0.440. The Morgan fingerprint density at radius 2 is 1.26 bits per heavy atom. The number of ether oxygens (including phenoxy) is 2. The fourth-order valence-corrected chi connectivity index (χ4v) is 2.05. The van der Waals surface area contributed by atoms with E-state index >= 15 is 0 Å². The highest BCUT2D eigenvalue weighted by atomic mass is 35.5. The molecular formula is C19H36Cl2O2. The minimum absolute atomic E-state index is 0.566. The molecule has 0 heterocycles. The third-order valence-electron chi connectivity index (χ3n) is 2.13. The number of hydrogen-bond donors (Lipinski definition) is 0. The molecule has 0 aromatic heterocycles. The minimum Gasteiger partial charge on any atom is -0.490 e. The Bertz CT molecular complexity index is 332. The van der Waals surface area contributed by atoms with Crippen molar-refractivity contribution in [3.05, 3.63) is 27.7 Å². The van der Waals surface area contributed by atoms with Crippen LogP contribution in [-0.2, 0) is 4.74 Å². The maximum absolute atomic E-state index is 6.04. The maximum atomic E-state index is 6.04. The van der Waals surface area contributed by atoms with Gasteiger partial charge in [0.2, 0.25) is 0 Å². The summed E-state index contributed by atoms with van der Waals surface area (Å²) in [5.74, 6) is 0.575. The average Bonchev–Trinajstić information content (AvgIpc) is 2.54. The molecule has 0 N–H and O–H groups in total. The standard InChI is InChI=1S/C12H16Cl2O2.C3H8.2C2H6/c1-9-7-10(13)12(11(14)8-9)16-6-4-3-5-15-2;1-3-2;2*1-2/h7-8H,3-6H2,1-2H3;3H2,1-2H3;2*1-2H3. The van der Waals surface area contributed by atoms with Crippen LogP contribution in [0, 0.1) is 6.92 Å². The van der Waals surface area contributed by atoms with E-state index in [1.807, 2.05) is 46.8 Å². The summed E-state index contributed by atoms with van der Waals surface area (Å²) in [5.41, 5.74) is 1.03. The number of aryl methyl sites for hydroxylation is 1. The first-order chi connectivity index (χ1) is 11.1. The zero-order valence-corrected chi connectivity index (χ0v) is 17.8. The van der Waals surface area contributed by atoms with Gasteiger partial charge in [0.15, 0.2) is 5.75 Å². The van der Waals surface area contributed by atoms with Crippen molar-refractivity contribution in [1.82, 2.24) is 0 Å². The van der Waals surface area contributed by atoms with Crippen LogP contribution in [0.25, 0.3) is 0 Å². The summed E-state index contributed by atoms with van der Waals surface area (Å²) in [6, 6.07) is 3.69. The van der Waals surface area contributed by atoms with Gasteiger partial charge < -0.3 is 9.47 Å². The second kappa shape index (κ2) is 21.6. The van der Waals surface area contributed by atoms with Gasteiger partial charge in [-0.1, -0.05) is 71.2 Å². The zero-order valence-electron chi connectivity index (χ0n) is 16.3. The first-order valence-corrected chi connectivity index (χ1v) is 9.39. The third kappa shape index (κ3) is 16.2. The monoisotopic (exact) mass is 366 g/mol. The third-order valence-corrected chi connectivity index (χ3v) is 2.69. The molecule has 0 atom stereocenters. The summed E-state index contributed by atoms with van der Waals surface area (Å²) in [7, 11) is 1.69. The molecule has 1 aromatic rings. The van der Waals surface area contributed by atoms with Gasteiger partial charge >= 0.3 is 0 Å². The molecule has 0 bridgehead atoms. The molecule has 0 saturated carbocycles. The van der Waals surface area contributed by atoms with Crippen LogP contribution >= 0.6 is 23.2 Å². The highest BCUT2D eigenvalue weighted by Crippen LogP contribution is 2.34. The predicted molar refractivity (Wildman–Crippen MR) is 106 cm³/mol. The highest BCUT2D eigenvalue weighted by Gasteiger charge is 2.07. The van der Waals surface area contributed by atoms with Gasteiger partial charge in [0, 0.05) is 13.7 Å². The number of halogens is 2. The van der Waals surface area contributed by atoms with Gasteiger partial charge in [0.25, 0.3) is 0 Å². The van der Waals surface area contributed by atoms with Gasteiger partial charge in [-0.05, 0) is 37.5 Å². The number of methoxy groups -OCH3 is 1. The second-order valence-electron chi connectivity index (χ2n) is 4.31. The van der Waals surface area contributed by atoms with Gasteiger partial charge in [-0.15, -0.1) is 0 Å². The Morgan fingerprint density at radius 3 is 1.65 bits per heavy atom. The summed E-state index contributed by atoms with van der Waals surface area (Å²) >= 11 is 12.1. The SMILES string of the molecule is CC.CC.CCC.COCCCCOc1c(Cl)cc(C)cc1Cl. The molecule has 138 valence electrons. The van der Waals surface area contributed by atoms with E-state index < -0.39 is 0 Å². The fourth-order valence-electron chi connectivity index (χ4n) is 1.35. The first-order valence-electron chi connectivity index (χ1n) is 8.64. The number of benzene rings is 1. The fraction of sp³-hybridized carbons (Fsp3) is 0.684. The highest BCUT2D eigenvalue weighted by molar-refractivity contribution is 6.37. The van der Waals surface area contributed by atoms with Crippen molar-refractivity contribution >= 4 is 23.2 Å². The predicted octanol–water partition coefficient (Wildman–Crippen LogP) is 7.58. The lowest BCUT2D eigenvalue weighted by Gasteiger charge is -2.10. The van der Waals surface area contributed by atoms with Crippen LogP contribution in [0.1, 0.15) is 66.4 Å². The van der Waals surface area contributed by atoms with Gasteiger partial charge in [0.1, 0.15) is 0 Å². The maximum Gasteiger partial charge on any atom is 0.156 e. The van der Waals surface area contributed by atoms with E-state index in [2.05, 4.69) is 13.8 Å². The summed E-state index contributed by atoms with van der Waals surface area (Å²) in [6.07, 6.45) is 3.14. The Labute approximate surface area is 154 Å². The van der Waals surface area contributed by atoms with Gasteiger partial charge in [0.05, 0.1) is 16.7 Å². The molecule has 0 aliphatic rings.